The number of aliphatic hydroxyl groups excluding tert-OH is 1. The number of likely N-dealkylation sites (tertiary alicyclic amines) is 1. The molecule has 1 saturated heterocycles. The molecule has 1 aromatic heterocycles. The number of hydrogen-bond donors (Lipinski definition) is 2. The van der Waals surface area contributed by atoms with Gasteiger partial charge < -0.3 is 20.3 Å². The summed E-state index contributed by atoms with van der Waals surface area (Å²) in [6, 6.07) is 12.7. The minimum atomic E-state index is -2.39. The van der Waals surface area contributed by atoms with Crippen molar-refractivity contribution in [2.24, 2.45) is 5.73 Å². The Labute approximate surface area is 193 Å². The lowest BCUT2D eigenvalue weighted by molar-refractivity contribution is -0.178. The van der Waals surface area contributed by atoms with Crippen molar-refractivity contribution >= 4 is 23.3 Å². The zero-order valence-electron chi connectivity index (χ0n) is 18.9. The first-order valence-corrected chi connectivity index (χ1v) is 11.6. The Bertz CT molecular complexity index is 918. The number of rotatable bonds is 8. The van der Waals surface area contributed by atoms with E-state index in [2.05, 4.69) is 4.90 Å². The fourth-order valence-electron chi connectivity index (χ4n) is 3.52. The molecule has 3 rings (SSSR count). The Hall–Kier alpha value is -2.26. The summed E-state index contributed by atoms with van der Waals surface area (Å²) in [6.07, 6.45) is 0.759. The van der Waals surface area contributed by atoms with Gasteiger partial charge in [0.05, 0.1) is 0 Å². The topological polar surface area (TPSA) is 102 Å². The second-order valence-corrected chi connectivity index (χ2v) is 10.3. The number of esters is 2. The van der Waals surface area contributed by atoms with E-state index in [4.69, 9.17) is 15.2 Å². The predicted molar refractivity (Wildman–Crippen MR) is 123 cm³/mol. The molecule has 174 valence electrons. The first-order chi connectivity index (χ1) is 15.1. The number of carbonyl (C=O) groups is 2. The fourth-order valence-corrected chi connectivity index (χ4v) is 4.64. The van der Waals surface area contributed by atoms with E-state index in [9.17, 15) is 14.7 Å². The highest BCUT2D eigenvalue weighted by molar-refractivity contribution is 7.12. The standard InChI is InChI=1S/C24H32N2O5S/c1-23(2,3)31-22(29)24(25,21(28)30-16-17-9-5-4-6-10-17)20(27)19-12-11-18(32-19)15-26-13-7-8-14-26/h4-6,9-12,20,27H,7-8,13-16,25H2,1-3H3. The van der Waals surface area contributed by atoms with Gasteiger partial charge in [-0.1, -0.05) is 30.3 Å². The summed E-state index contributed by atoms with van der Waals surface area (Å²) < 4.78 is 10.8. The molecule has 1 fully saturated rings. The van der Waals surface area contributed by atoms with E-state index >= 15 is 0 Å². The molecular formula is C24H32N2O5S. The maximum absolute atomic E-state index is 13.1. The Morgan fingerprint density at radius 2 is 1.75 bits per heavy atom. The quantitative estimate of drug-likeness (QED) is 0.461. The van der Waals surface area contributed by atoms with Gasteiger partial charge in [-0.3, -0.25) is 4.90 Å². The Balaban J connectivity index is 1.81. The van der Waals surface area contributed by atoms with Crippen molar-refractivity contribution in [3.8, 4) is 0 Å². The van der Waals surface area contributed by atoms with Crippen LogP contribution < -0.4 is 5.73 Å². The fraction of sp³-hybridized carbons (Fsp3) is 0.500. The first kappa shape index (κ1) is 24.4. The molecule has 3 N–H and O–H groups in total. The van der Waals surface area contributed by atoms with Gasteiger partial charge in [0.25, 0.3) is 0 Å². The van der Waals surface area contributed by atoms with E-state index in [-0.39, 0.29) is 6.61 Å². The van der Waals surface area contributed by atoms with Crippen LogP contribution in [-0.2, 0) is 32.2 Å². The molecule has 0 aliphatic carbocycles. The van der Waals surface area contributed by atoms with Crippen LogP contribution in [-0.4, -0.2) is 46.2 Å². The lowest BCUT2D eigenvalue weighted by Gasteiger charge is -2.32. The van der Waals surface area contributed by atoms with Crippen molar-refractivity contribution in [2.45, 2.75) is 64.0 Å². The van der Waals surface area contributed by atoms with Crippen LogP contribution in [0, 0.1) is 0 Å². The molecule has 8 heteroatoms. The highest BCUT2D eigenvalue weighted by atomic mass is 32.1. The van der Waals surface area contributed by atoms with Gasteiger partial charge in [-0.15, -0.1) is 11.3 Å². The molecule has 0 bridgehead atoms. The van der Waals surface area contributed by atoms with E-state index in [0.29, 0.717) is 4.88 Å². The molecule has 2 heterocycles. The molecule has 1 aliphatic rings. The van der Waals surface area contributed by atoms with Gasteiger partial charge in [0, 0.05) is 16.3 Å². The molecule has 0 radical (unpaired) electrons. The minimum absolute atomic E-state index is 0.0706. The van der Waals surface area contributed by atoms with Crippen LogP contribution in [0.2, 0.25) is 0 Å². The Morgan fingerprint density at radius 3 is 2.38 bits per heavy atom. The van der Waals surface area contributed by atoms with Gasteiger partial charge in [-0.2, -0.15) is 0 Å². The van der Waals surface area contributed by atoms with Crippen molar-refractivity contribution in [1.82, 2.24) is 4.90 Å². The van der Waals surface area contributed by atoms with Crippen LogP contribution in [0.5, 0.6) is 0 Å². The number of ether oxygens (including phenoxy) is 2. The van der Waals surface area contributed by atoms with E-state index in [1.807, 2.05) is 24.3 Å². The first-order valence-electron chi connectivity index (χ1n) is 10.8. The van der Waals surface area contributed by atoms with Gasteiger partial charge in [-0.05, 0) is 64.4 Å². The van der Waals surface area contributed by atoms with Crippen molar-refractivity contribution in [3.63, 3.8) is 0 Å². The summed E-state index contributed by atoms with van der Waals surface area (Å²) in [5.41, 5.74) is 3.76. The zero-order valence-corrected chi connectivity index (χ0v) is 19.7. The molecule has 2 unspecified atom stereocenters. The maximum atomic E-state index is 13.1. The third kappa shape index (κ3) is 5.95. The molecule has 1 aromatic carbocycles. The largest absolute Gasteiger partial charge is 0.459 e. The van der Waals surface area contributed by atoms with Crippen molar-refractivity contribution in [2.75, 3.05) is 13.1 Å². The minimum Gasteiger partial charge on any atom is -0.459 e. The number of carbonyl (C=O) groups excluding carboxylic acids is 2. The van der Waals surface area contributed by atoms with Gasteiger partial charge >= 0.3 is 11.9 Å². The van der Waals surface area contributed by atoms with Crippen LogP contribution in [0.15, 0.2) is 42.5 Å². The summed E-state index contributed by atoms with van der Waals surface area (Å²) in [7, 11) is 0. The molecule has 1 aliphatic heterocycles. The second-order valence-electron chi connectivity index (χ2n) is 9.12. The van der Waals surface area contributed by atoms with E-state index in [0.717, 1.165) is 30.1 Å². The smallest absolute Gasteiger partial charge is 0.341 e. The Kier molecular flexibility index (Phi) is 7.71. The Morgan fingerprint density at radius 1 is 1.09 bits per heavy atom. The third-order valence-corrected chi connectivity index (χ3v) is 6.37. The van der Waals surface area contributed by atoms with Crippen molar-refractivity contribution < 1.29 is 24.2 Å². The van der Waals surface area contributed by atoms with E-state index < -0.39 is 29.2 Å². The normalized spacial score (nSPS) is 17.5. The van der Waals surface area contributed by atoms with Crippen molar-refractivity contribution in [1.29, 1.82) is 0 Å². The highest BCUT2D eigenvalue weighted by Crippen LogP contribution is 2.34. The molecule has 2 aromatic rings. The van der Waals surface area contributed by atoms with Gasteiger partial charge in [0.15, 0.2) is 0 Å². The molecule has 32 heavy (non-hydrogen) atoms. The lowest BCUT2D eigenvalue weighted by atomic mass is 9.92. The van der Waals surface area contributed by atoms with Gasteiger partial charge in [0.1, 0.15) is 18.3 Å². The van der Waals surface area contributed by atoms with Crippen molar-refractivity contribution in [3.05, 3.63) is 57.8 Å². The number of hydrogen-bond acceptors (Lipinski definition) is 8. The molecule has 2 atom stereocenters. The summed E-state index contributed by atoms with van der Waals surface area (Å²) >= 11 is 1.33. The summed E-state index contributed by atoms with van der Waals surface area (Å²) in [4.78, 5) is 29.9. The molecule has 0 spiro atoms. The highest BCUT2D eigenvalue weighted by Gasteiger charge is 2.54. The molecule has 7 nitrogen and oxygen atoms in total. The number of thiophene rings is 1. The average Bonchev–Trinajstić information content (AvgIpc) is 3.43. The monoisotopic (exact) mass is 460 g/mol. The van der Waals surface area contributed by atoms with Crippen LogP contribution in [0.1, 0.15) is 55.0 Å². The number of benzene rings is 1. The van der Waals surface area contributed by atoms with Crippen LogP contribution in [0.25, 0.3) is 0 Å². The second kappa shape index (κ2) is 10.1. The lowest BCUT2D eigenvalue weighted by Crippen LogP contribution is -2.61. The van der Waals surface area contributed by atoms with E-state index in [1.165, 1.54) is 24.2 Å². The number of aliphatic hydroxyl groups is 1. The van der Waals surface area contributed by atoms with Crippen LogP contribution in [0.3, 0.4) is 0 Å². The van der Waals surface area contributed by atoms with Crippen LogP contribution in [0.4, 0.5) is 0 Å². The summed E-state index contributed by atoms with van der Waals surface area (Å²) in [6.45, 7) is 7.80. The van der Waals surface area contributed by atoms with Crippen LogP contribution >= 0.6 is 11.3 Å². The number of nitrogens with zero attached hydrogens (tertiary/aromatic N) is 1. The van der Waals surface area contributed by atoms with E-state index in [1.54, 1.807) is 39.0 Å². The maximum Gasteiger partial charge on any atom is 0.341 e. The summed E-state index contributed by atoms with van der Waals surface area (Å²) in [5, 5.41) is 11.1. The third-order valence-electron chi connectivity index (χ3n) is 5.25. The molecular weight excluding hydrogens is 428 g/mol. The number of nitrogens with two attached hydrogens (primary N) is 1. The van der Waals surface area contributed by atoms with Gasteiger partial charge in [0.2, 0.25) is 5.54 Å². The summed E-state index contributed by atoms with van der Waals surface area (Å²) in [5.74, 6) is -2.05. The average molecular weight is 461 g/mol. The predicted octanol–water partition coefficient (Wildman–Crippen LogP) is 3.16. The molecule has 0 saturated carbocycles. The van der Waals surface area contributed by atoms with Gasteiger partial charge in [-0.25, -0.2) is 9.59 Å². The zero-order chi connectivity index (χ0) is 23.4. The molecule has 0 amide bonds. The SMILES string of the molecule is CC(C)(C)OC(=O)C(N)(C(=O)OCc1ccccc1)C(O)c1ccc(CN2CCCC2)s1.